The molecule has 0 radical (unpaired) electrons. The molecule has 3 heterocycles. The molecule has 0 fully saturated rings. The number of ether oxygens (including phenoxy) is 1. The molecule has 0 saturated carbocycles. The van der Waals surface area contributed by atoms with E-state index in [2.05, 4.69) is 26.2 Å². The van der Waals surface area contributed by atoms with Crippen LogP contribution in [0.3, 0.4) is 0 Å². The highest BCUT2D eigenvalue weighted by atomic mass is 32.1. The van der Waals surface area contributed by atoms with Gasteiger partial charge in [-0.2, -0.15) is 4.37 Å². The molecule has 0 spiro atoms. The fourth-order valence-electron chi connectivity index (χ4n) is 3.14. The molecule has 4 rings (SSSR count). The standard InChI is InChI=1S/C17H18N4O2S/c1-3-15-19-17(24-20-15)21-7-6-14-12(9-21)11-8-10(16(22)23-2)4-5-13(11)18-14/h4-5,8,18H,3,6-7,9H2,1-2H3. The topological polar surface area (TPSA) is 71.1 Å². The smallest absolute Gasteiger partial charge is 0.337 e. The van der Waals surface area contributed by atoms with Gasteiger partial charge in [-0.3, -0.25) is 0 Å². The Labute approximate surface area is 143 Å². The number of rotatable bonds is 3. The van der Waals surface area contributed by atoms with Crippen molar-refractivity contribution in [1.82, 2.24) is 14.3 Å². The number of hydrogen-bond donors (Lipinski definition) is 1. The number of aromatic amines is 1. The molecule has 24 heavy (non-hydrogen) atoms. The van der Waals surface area contributed by atoms with Crippen molar-refractivity contribution in [1.29, 1.82) is 0 Å². The number of carbonyl (C=O) groups is 1. The minimum Gasteiger partial charge on any atom is -0.465 e. The lowest BCUT2D eigenvalue weighted by molar-refractivity contribution is 0.0601. The van der Waals surface area contributed by atoms with Crippen LogP contribution < -0.4 is 4.90 Å². The summed E-state index contributed by atoms with van der Waals surface area (Å²) in [5.74, 6) is 0.587. The zero-order valence-electron chi connectivity index (χ0n) is 13.6. The predicted molar refractivity (Wildman–Crippen MR) is 93.7 cm³/mol. The number of aryl methyl sites for hydroxylation is 1. The number of hydrogen-bond acceptors (Lipinski definition) is 6. The molecular weight excluding hydrogens is 324 g/mol. The third-order valence-electron chi connectivity index (χ3n) is 4.44. The van der Waals surface area contributed by atoms with Gasteiger partial charge in [0, 0.05) is 59.6 Å². The summed E-state index contributed by atoms with van der Waals surface area (Å²) in [7, 11) is 1.40. The number of carbonyl (C=O) groups excluding carboxylic acids is 1. The number of benzene rings is 1. The van der Waals surface area contributed by atoms with E-state index in [9.17, 15) is 4.79 Å². The number of nitrogens with zero attached hydrogens (tertiary/aromatic N) is 3. The monoisotopic (exact) mass is 342 g/mol. The average Bonchev–Trinajstić information content (AvgIpc) is 3.24. The normalized spacial score (nSPS) is 14.0. The fourth-order valence-corrected chi connectivity index (χ4v) is 3.91. The maximum absolute atomic E-state index is 11.8. The number of anilines is 1. The van der Waals surface area contributed by atoms with Gasteiger partial charge >= 0.3 is 5.97 Å². The van der Waals surface area contributed by atoms with Gasteiger partial charge in [-0.05, 0) is 18.2 Å². The minimum absolute atomic E-state index is 0.309. The van der Waals surface area contributed by atoms with Crippen molar-refractivity contribution in [3.63, 3.8) is 0 Å². The molecule has 0 saturated heterocycles. The Kier molecular flexibility index (Phi) is 3.72. The summed E-state index contributed by atoms with van der Waals surface area (Å²) in [6, 6.07) is 5.66. The zero-order chi connectivity index (χ0) is 16.7. The van der Waals surface area contributed by atoms with Crippen LogP contribution in [-0.4, -0.2) is 34.0 Å². The lowest BCUT2D eigenvalue weighted by Gasteiger charge is -2.26. The molecule has 6 nitrogen and oxygen atoms in total. The molecule has 0 bridgehead atoms. The molecule has 3 aromatic rings. The number of nitrogens with one attached hydrogen (secondary N) is 1. The van der Waals surface area contributed by atoms with Crippen LogP contribution in [0, 0.1) is 0 Å². The third-order valence-corrected chi connectivity index (χ3v) is 5.26. The first kappa shape index (κ1) is 15.1. The second kappa shape index (κ2) is 5.90. The molecule has 0 aliphatic carbocycles. The fraction of sp³-hybridized carbons (Fsp3) is 0.353. The van der Waals surface area contributed by atoms with E-state index in [4.69, 9.17) is 4.74 Å². The van der Waals surface area contributed by atoms with E-state index in [1.54, 1.807) is 6.07 Å². The lowest BCUT2D eigenvalue weighted by Crippen LogP contribution is -2.30. The second-order valence-corrected chi connectivity index (χ2v) is 6.58. The Balaban J connectivity index is 1.71. The summed E-state index contributed by atoms with van der Waals surface area (Å²) in [4.78, 5) is 22.1. The molecule has 1 aromatic carbocycles. The van der Waals surface area contributed by atoms with Gasteiger partial charge in [0.1, 0.15) is 5.82 Å². The highest BCUT2D eigenvalue weighted by molar-refractivity contribution is 7.09. The maximum Gasteiger partial charge on any atom is 0.337 e. The molecule has 7 heteroatoms. The van der Waals surface area contributed by atoms with Gasteiger partial charge in [-0.25, -0.2) is 9.78 Å². The first-order valence-electron chi connectivity index (χ1n) is 7.99. The number of fused-ring (bicyclic) bond motifs is 3. The van der Waals surface area contributed by atoms with Gasteiger partial charge in [-0.15, -0.1) is 0 Å². The molecule has 1 aliphatic rings. The summed E-state index contributed by atoms with van der Waals surface area (Å²) in [5.41, 5.74) is 4.10. The van der Waals surface area contributed by atoms with Crippen LogP contribution >= 0.6 is 11.5 Å². The van der Waals surface area contributed by atoms with Crippen LogP contribution in [0.1, 0.15) is 34.4 Å². The van der Waals surface area contributed by atoms with Crippen LogP contribution in [-0.2, 0) is 24.1 Å². The highest BCUT2D eigenvalue weighted by Gasteiger charge is 2.23. The number of H-pyrrole nitrogens is 1. The van der Waals surface area contributed by atoms with Crippen LogP contribution in [0.4, 0.5) is 5.13 Å². The van der Waals surface area contributed by atoms with E-state index in [0.717, 1.165) is 47.8 Å². The van der Waals surface area contributed by atoms with Crippen molar-refractivity contribution < 1.29 is 9.53 Å². The van der Waals surface area contributed by atoms with Crippen LogP contribution in [0.5, 0.6) is 0 Å². The largest absolute Gasteiger partial charge is 0.465 e. The zero-order valence-corrected chi connectivity index (χ0v) is 14.4. The van der Waals surface area contributed by atoms with Crippen molar-refractivity contribution in [2.45, 2.75) is 26.3 Å². The predicted octanol–water partition coefficient (Wildman–Crippen LogP) is 2.93. The number of aromatic nitrogens is 3. The van der Waals surface area contributed by atoms with E-state index >= 15 is 0 Å². The second-order valence-electron chi connectivity index (χ2n) is 5.85. The molecule has 124 valence electrons. The van der Waals surface area contributed by atoms with E-state index in [0.29, 0.717) is 5.56 Å². The first-order chi connectivity index (χ1) is 11.7. The molecule has 1 N–H and O–H groups in total. The Morgan fingerprint density at radius 2 is 2.33 bits per heavy atom. The van der Waals surface area contributed by atoms with E-state index < -0.39 is 0 Å². The highest BCUT2D eigenvalue weighted by Crippen LogP contribution is 2.31. The van der Waals surface area contributed by atoms with E-state index in [1.807, 2.05) is 12.1 Å². The van der Waals surface area contributed by atoms with Crippen LogP contribution in [0.2, 0.25) is 0 Å². The Morgan fingerprint density at radius 3 is 3.08 bits per heavy atom. The van der Waals surface area contributed by atoms with E-state index in [1.165, 1.54) is 29.9 Å². The Hall–Kier alpha value is -2.41. The maximum atomic E-state index is 11.8. The van der Waals surface area contributed by atoms with Gasteiger partial charge in [0.05, 0.1) is 12.7 Å². The minimum atomic E-state index is -0.309. The molecule has 0 unspecified atom stereocenters. The van der Waals surface area contributed by atoms with Gasteiger partial charge in [0.15, 0.2) is 0 Å². The average molecular weight is 342 g/mol. The van der Waals surface area contributed by atoms with Crippen LogP contribution in [0.25, 0.3) is 10.9 Å². The molecule has 2 aromatic heterocycles. The molecule has 0 amide bonds. The molecule has 1 aliphatic heterocycles. The number of methoxy groups -OCH3 is 1. The van der Waals surface area contributed by atoms with Gasteiger partial charge in [-0.1, -0.05) is 6.92 Å². The summed E-state index contributed by atoms with van der Waals surface area (Å²) in [5, 5.41) is 2.05. The Morgan fingerprint density at radius 1 is 1.46 bits per heavy atom. The van der Waals surface area contributed by atoms with Gasteiger partial charge < -0.3 is 14.6 Å². The van der Waals surface area contributed by atoms with Gasteiger partial charge in [0.25, 0.3) is 0 Å². The van der Waals surface area contributed by atoms with Crippen LogP contribution in [0.15, 0.2) is 18.2 Å². The number of esters is 1. The third kappa shape index (κ3) is 2.45. The molecule has 0 atom stereocenters. The summed E-state index contributed by atoms with van der Waals surface area (Å²) in [6.45, 7) is 3.76. The summed E-state index contributed by atoms with van der Waals surface area (Å²) in [6.07, 6.45) is 1.78. The quantitative estimate of drug-likeness (QED) is 0.741. The first-order valence-corrected chi connectivity index (χ1v) is 8.76. The summed E-state index contributed by atoms with van der Waals surface area (Å²) < 4.78 is 9.22. The lowest BCUT2D eigenvalue weighted by atomic mass is 10.0. The van der Waals surface area contributed by atoms with Crippen molar-refractivity contribution in [2.24, 2.45) is 0 Å². The van der Waals surface area contributed by atoms with Crippen molar-refractivity contribution in [3.8, 4) is 0 Å². The van der Waals surface area contributed by atoms with Gasteiger partial charge in [0.2, 0.25) is 5.13 Å². The summed E-state index contributed by atoms with van der Waals surface area (Å²) >= 11 is 1.46. The van der Waals surface area contributed by atoms with Crippen molar-refractivity contribution in [3.05, 3.63) is 40.8 Å². The van der Waals surface area contributed by atoms with Crippen molar-refractivity contribution in [2.75, 3.05) is 18.6 Å². The SMILES string of the molecule is CCc1nsc(N2CCc3[nH]c4ccc(C(=O)OC)cc4c3C2)n1. The van der Waals surface area contributed by atoms with E-state index in [-0.39, 0.29) is 5.97 Å². The molecular formula is C17H18N4O2S. The Bertz CT molecular complexity index is 915. The van der Waals surface area contributed by atoms with Crippen molar-refractivity contribution >= 4 is 33.5 Å².